The summed E-state index contributed by atoms with van der Waals surface area (Å²) in [5.74, 6) is -4.68. The molecule has 0 aromatic carbocycles. The van der Waals surface area contributed by atoms with Crippen LogP contribution in [0.25, 0.3) is 0 Å². The monoisotopic (exact) mass is 462 g/mol. The molecule has 1 atom stereocenters. The fourth-order valence-electron chi connectivity index (χ4n) is 3.24. The molecule has 3 rings (SSSR count). The third-order valence-corrected chi connectivity index (χ3v) is 6.08. The van der Waals surface area contributed by atoms with Gasteiger partial charge in [-0.15, -0.1) is 11.3 Å². The molecule has 2 aromatic rings. The van der Waals surface area contributed by atoms with Crippen LogP contribution in [0.4, 0.5) is 32.8 Å². The molecule has 2 amide bonds. The summed E-state index contributed by atoms with van der Waals surface area (Å²) in [6.45, 7) is 5.50. The maximum atomic E-state index is 13.6. The summed E-state index contributed by atoms with van der Waals surface area (Å²) in [5, 5.41) is 2.52. The summed E-state index contributed by atoms with van der Waals surface area (Å²) in [4.78, 5) is 32.8. The lowest BCUT2D eigenvalue weighted by Gasteiger charge is -2.44. The van der Waals surface area contributed by atoms with Gasteiger partial charge in [-0.2, -0.15) is 26.9 Å². The number of aryl methyl sites for hydroxylation is 1. The Morgan fingerprint density at radius 1 is 1.23 bits per heavy atom. The van der Waals surface area contributed by atoms with Crippen molar-refractivity contribution in [3.63, 3.8) is 0 Å². The van der Waals surface area contributed by atoms with Crippen molar-refractivity contribution in [1.82, 2.24) is 15.3 Å². The maximum Gasteiger partial charge on any atom is 0.397 e. The predicted molar refractivity (Wildman–Crippen MR) is 103 cm³/mol. The van der Waals surface area contributed by atoms with Gasteiger partial charge in [0.05, 0.1) is 5.69 Å². The normalized spacial score (nSPS) is 17.7. The fraction of sp³-hybridized carbons (Fsp3) is 0.474. The van der Waals surface area contributed by atoms with Crippen molar-refractivity contribution in [2.45, 2.75) is 52.3 Å². The number of amides is 2. The van der Waals surface area contributed by atoms with Crippen LogP contribution in [0.15, 0.2) is 12.1 Å². The number of pyridine rings is 1. The second-order valence-corrected chi connectivity index (χ2v) is 9.13. The Labute approximate surface area is 178 Å². The van der Waals surface area contributed by atoms with Crippen LogP contribution >= 0.6 is 11.3 Å². The van der Waals surface area contributed by atoms with Crippen molar-refractivity contribution in [1.29, 1.82) is 0 Å². The lowest BCUT2D eigenvalue weighted by Crippen LogP contribution is -2.52. The van der Waals surface area contributed by atoms with Crippen LogP contribution in [0.5, 0.6) is 0 Å². The van der Waals surface area contributed by atoms with Crippen LogP contribution in [0.3, 0.4) is 0 Å². The van der Waals surface area contributed by atoms with Gasteiger partial charge in [0.25, 0.3) is 5.91 Å². The van der Waals surface area contributed by atoms with Crippen molar-refractivity contribution in [2.75, 3.05) is 4.90 Å². The topological polar surface area (TPSA) is 75.2 Å². The minimum Gasteiger partial charge on any atom is -0.347 e. The molecule has 0 bridgehead atoms. The molecule has 1 aliphatic carbocycles. The second kappa shape index (κ2) is 8.13. The van der Waals surface area contributed by atoms with Crippen LogP contribution < -0.4 is 10.2 Å². The maximum absolute atomic E-state index is 13.6. The van der Waals surface area contributed by atoms with Gasteiger partial charge in [-0.3, -0.25) is 14.5 Å². The van der Waals surface area contributed by atoms with Gasteiger partial charge in [-0.1, -0.05) is 13.8 Å². The van der Waals surface area contributed by atoms with E-state index in [4.69, 9.17) is 0 Å². The van der Waals surface area contributed by atoms with E-state index < -0.39 is 42.0 Å². The first kappa shape index (κ1) is 23.0. The summed E-state index contributed by atoms with van der Waals surface area (Å²) in [7, 11) is 0. The molecule has 12 heteroatoms. The first-order valence-corrected chi connectivity index (χ1v) is 10.1. The number of carbonyl (C=O) groups excluding carboxylic acids is 2. The van der Waals surface area contributed by atoms with E-state index in [-0.39, 0.29) is 22.3 Å². The van der Waals surface area contributed by atoms with Crippen molar-refractivity contribution >= 4 is 34.0 Å². The molecule has 168 valence electrons. The van der Waals surface area contributed by atoms with Gasteiger partial charge in [-0.25, -0.2) is 4.98 Å². The van der Waals surface area contributed by atoms with E-state index in [0.717, 1.165) is 24.2 Å². The highest BCUT2D eigenvalue weighted by Crippen LogP contribution is 2.40. The molecule has 31 heavy (non-hydrogen) atoms. The van der Waals surface area contributed by atoms with Crippen LogP contribution in [-0.2, 0) is 4.79 Å². The number of alkyl halides is 3. The van der Waals surface area contributed by atoms with Crippen LogP contribution in [0, 0.1) is 24.2 Å². The number of halogens is 5. The van der Waals surface area contributed by atoms with Crippen molar-refractivity contribution < 1.29 is 31.5 Å². The first-order valence-electron chi connectivity index (χ1n) is 9.28. The molecule has 0 aliphatic heterocycles. The lowest BCUT2D eigenvalue weighted by atomic mass is 9.67. The van der Waals surface area contributed by atoms with Crippen LogP contribution in [-0.4, -0.2) is 34.0 Å². The summed E-state index contributed by atoms with van der Waals surface area (Å²) in [5.41, 5.74) is -0.675. The largest absolute Gasteiger partial charge is 0.397 e. The highest BCUT2D eigenvalue weighted by molar-refractivity contribution is 7.16. The van der Waals surface area contributed by atoms with E-state index in [0.29, 0.717) is 21.9 Å². The average Bonchev–Trinajstić information content (AvgIpc) is 2.97. The summed E-state index contributed by atoms with van der Waals surface area (Å²) < 4.78 is 65.7. The highest BCUT2D eigenvalue weighted by Gasteiger charge is 2.40. The molecule has 0 radical (unpaired) electrons. The van der Waals surface area contributed by atoms with E-state index in [9.17, 15) is 31.5 Å². The van der Waals surface area contributed by atoms with E-state index in [1.165, 1.54) is 6.92 Å². The van der Waals surface area contributed by atoms with Gasteiger partial charge in [0, 0.05) is 23.1 Å². The molecule has 1 N–H and O–H groups in total. The quantitative estimate of drug-likeness (QED) is 0.518. The summed E-state index contributed by atoms with van der Waals surface area (Å²) >= 11 is 0.765. The fourth-order valence-corrected chi connectivity index (χ4v) is 4.19. The number of aromatic nitrogens is 2. The summed E-state index contributed by atoms with van der Waals surface area (Å²) in [6, 6.07) is 1.14. The molecule has 1 unspecified atom stereocenters. The van der Waals surface area contributed by atoms with Gasteiger partial charge >= 0.3 is 6.18 Å². The second-order valence-electron chi connectivity index (χ2n) is 7.95. The van der Waals surface area contributed by atoms with Gasteiger partial charge in [0.1, 0.15) is 12.1 Å². The number of hydrogen-bond donors (Lipinski definition) is 1. The smallest absolute Gasteiger partial charge is 0.347 e. The molecule has 1 saturated carbocycles. The lowest BCUT2D eigenvalue weighted by molar-refractivity contribution is -0.151. The Hall–Kier alpha value is -2.63. The zero-order valence-electron chi connectivity index (χ0n) is 16.8. The van der Waals surface area contributed by atoms with Gasteiger partial charge in [-0.05, 0) is 25.2 Å². The summed E-state index contributed by atoms with van der Waals surface area (Å²) in [6.07, 6.45) is -5.03. The minimum absolute atomic E-state index is 0.0671. The van der Waals surface area contributed by atoms with Gasteiger partial charge in [0.2, 0.25) is 17.8 Å². The number of anilines is 2. The zero-order valence-corrected chi connectivity index (χ0v) is 17.6. The predicted octanol–water partition coefficient (Wildman–Crippen LogP) is 4.66. The van der Waals surface area contributed by atoms with E-state index in [2.05, 4.69) is 15.3 Å². The molecule has 0 spiro atoms. The molecule has 1 fully saturated rings. The van der Waals surface area contributed by atoms with E-state index in [1.54, 1.807) is 0 Å². The molecule has 0 saturated heterocycles. The standard InChI is InChI=1S/C19H19F5N4O2S/c1-9-15(16(30)25-11-4-5-18(11,2)3)27-17(31-9)28(14(29)8-19(22,23)24)10-6-12(20)26-13(21)7-10/h6-7,11H,4-5,8H2,1-3H3,(H,25,30). The van der Waals surface area contributed by atoms with E-state index >= 15 is 0 Å². The molecule has 1 aliphatic rings. The Bertz CT molecular complexity index is 1000. The highest BCUT2D eigenvalue weighted by atomic mass is 32.1. The van der Waals surface area contributed by atoms with Gasteiger partial charge in [0.15, 0.2) is 5.13 Å². The Morgan fingerprint density at radius 2 is 1.84 bits per heavy atom. The van der Waals surface area contributed by atoms with Gasteiger partial charge < -0.3 is 5.32 Å². The van der Waals surface area contributed by atoms with Crippen LogP contribution in [0.1, 0.15) is 48.5 Å². The van der Waals surface area contributed by atoms with Crippen LogP contribution in [0.2, 0.25) is 0 Å². The molecular formula is C19H19F5N4O2S. The Balaban J connectivity index is 1.97. The first-order chi connectivity index (χ1) is 14.3. The number of rotatable bonds is 5. The van der Waals surface area contributed by atoms with Crippen molar-refractivity contribution in [3.8, 4) is 0 Å². The molecule has 6 nitrogen and oxygen atoms in total. The Kier molecular flexibility index (Phi) is 6.05. The number of nitrogens with zero attached hydrogens (tertiary/aromatic N) is 3. The van der Waals surface area contributed by atoms with Crippen molar-refractivity contribution in [3.05, 3.63) is 34.6 Å². The number of carbonyl (C=O) groups is 2. The third-order valence-electron chi connectivity index (χ3n) is 5.12. The van der Waals surface area contributed by atoms with E-state index in [1.807, 2.05) is 13.8 Å². The SMILES string of the molecule is Cc1sc(N(C(=O)CC(F)(F)F)c2cc(F)nc(F)c2)nc1C(=O)NC1CCC1(C)C. The minimum atomic E-state index is -4.86. The molecule has 2 aromatic heterocycles. The molecule has 2 heterocycles. The molecular weight excluding hydrogens is 443 g/mol. The van der Waals surface area contributed by atoms with Crippen molar-refractivity contribution in [2.24, 2.45) is 5.41 Å². The average molecular weight is 462 g/mol. The number of hydrogen-bond acceptors (Lipinski definition) is 5. The zero-order chi connectivity index (χ0) is 23.1. The number of thiazole rings is 1. The third kappa shape index (κ3) is 5.17. The number of nitrogens with one attached hydrogen (secondary N) is 1. The Morgan fingerprint density at radius 3 is 2.32 bits per heavy atom.